The number of aromatic amines is 1. The van der Waals surface area contributed by atoms with Gasteiger partial charge < -0.3 is 15.8 Å². The van der Waals surface area contributed by atoms with Gasteiger partial charge in [-0.25, -0.2) is 0 Å². The molecule has 1 aromatic heterocycles. The van der Waals surface area contributed by atoms with Crippen LogP contribution in [0.15, 0.2) is 18.9 Å². The highest BCUT2D eigenvalue weighted by Gasteiger charge is 1.99. The van der Waals surface area contributed by atoms with Crippen LogP contribution in [-0.4, -0.2) is 22.6 Å². The quantitative estimate of drug-likeness (QED) is 0.732. The number of hydrogen-bond donors (Lipinski definition) is 3. The Morgan fingerprint density at radius 2 is 2.25 bits per heavy atom. The largest absolute Gasteiger partial charge is 0.480 e. The minimum Gasteiger partial charge on any atom is -0.480 e. The SMILES string of the molecule is C=Cc1c(C)c[nH]c1/C=C\C.NCC(=O)O. The number of H-pyrrole nitrogens is 1. The monoisotopic (exact) mass is 222 g/mol. The standard InChI is InChI=1S/C10H13N.C2H5NO2/c1-4-6-10-9(5-2)8(3)7-11-10;3-1-2(4)5/h4-7,11H,2H2,1,3H3;1,3H2,(H,4,5)/b6-4-;. The molecule has 16 heavy (non-hydrogen) atoms. The van der Waals surface area contributed by atoms with Crippen molar-refractivity contribution >= 4 is 18.1 Å². The van der Waals surface area contributed by atoms with Gasteiger partial charge in [-0.05, 0) is 25.5 Å². The van der Waals surface area contributed by atoms with Crippen LogP contribution in [-0.2, 0) is 4.79 Å². The highest BCUT2D eigenvalue weighted by atomic mass is 16.4. The molecule has 0 radical (unpaired) electrons. The van der Waals surface area contributed by atoms with Crippen molar-refractivity contribution in [1.29, 1.82) is 0 Å². The van der Waals surface area contributed by atoms with Crippen LogP contribution in [0.1, 0.15) is 23.7 Å². The minimum atomic E-state index is -0.968. The average Bonchev–Trinajstić information content (AvgIpc) is 2.61. The van der Waals surface area contributed by atoms with Gasteiger partial charge in [-0.2, -0.15) is 0 Å². The van der Waals surface area contributed by atoms with Crippen LogP contribution in [0.4, 0.5) is 0 Å². The Morgan fingerprint density at radius 3 is 2.62 bits per heavy atom. The Labute approximate surface area is 95.5 Å². The van der Waals surface area contributed by atoms with E-state index in [-0.39, 0.29) is 6.54 Å². The number of aliphatic carboxylic acids is 1. The second-order valence-electron chi connectivity index (χ2n) is 3.10. The summed E-state index contributed by atoms with van der Waals surface area (Å²) >= 11 is 0. The van der Waals surface area contributed by atoms with Crippen molar-refractivity contribution < 1.29 is 9.90 Å². The van der Waals surface area contributed by atoms with Crippen LogP contribution in [0.2, 0.25) is 0 Å². The molecular weight excluding hydrogens is 204 g/mol. The molecule has 0 aliphatic rings. The maximum absolute atomic E-state index is 9.24. The number of nitrogens with one attached hydrogen (secondary N) is 1. The fourth-order valence-electron chi connectivity index (χ4n) is 1.13. The zero-order valence-electron chi connectivity index (χ0n) is 9.66. The van der Waals surface area contributed by atoms with E-state index in [0.29, 0.717) is 0 Å². The molecule has 4 N–H and O–H groups in total. The highest BCUT2D eigenvalue weighted by molar-refractivity contribution is 5.68. The first-order valence-electron chi connectivity index (χ1n) is 4.91. The maximum atomic E-state index is 9.24. The zero-order chi connectivity index (χ0) is 12.6. The molecule has 0 unspecified atom stereocenters. The van der Waals surface area contributed by atoms with E-state index < -0.39 is 5.97 Å². The predicted molar refractivity (Wildman–Crippen MR) is 67.0 cm³/mol. The van der Waals surface area contributed by atoms with Crippen LogP contribution in [0, 0.1) is 6.92 Å². The third kappa shape index (κ3) is 4.61. The fourth-order valence-corrected chi connectivity index (χ4v) is 1.13. The van der Waals surface area contributed by atoms with Crippen LogP contribution >= 0.6 is 0 Å². The van der Waals surface area contributed by atoms with Crippen molar-refractivity contribution in [1.82, 2.24) is 4.98 Å². The van der Waals surface area contributed by atoms with Crippen LogP contribution in [0.5, 0.6) is 0 Å². The number of aromatic nitrogens is 1. The summed E-state index contributed by atoms with van der Waals surface area (Å²) in [6, 6.07) is 0. The zero-order valence-corrected chi connectivity index (χ0v) is 9.66. The van der Waals surface area contributed by atoms with E-state index in [1.54, 1.807) is 0 Å². The van der Waals surface area contributed by atoms with Gasteiger partial charge in [0.25, 0.3) is 0 Å². The minimum absolute atomic E-state index is 0.278. The first-order valence-corrected chi connectivity index (χ1v) is 4.91. The van der Waals surface area contributed by atoms with Crippen molar-refractivity contribution in [3.05, 3.63) is 35.7 Å². The molecule has 1 aromatic rings. The first-order chi connectivity index (χ1) is 7.56. The second-order valence-corrected chi connectivity index (χ2v) is 3.10. The van der Waals surface area contributed by atoms with E-state index in [0.717, 1.165) is 5.69 Å². The average molecular weight is 222 g/mol. The van der Waals surface area contributed by atoms with Gasteiger partial charge in [0.2, 0.25) is 0 Å². The Morgan fingerprint density at radius 1 is 1.69 bits per heavy atom. The predicted octanol–water partition coefficient (Wildman–Crippen LogP) is 2.03. The lowest BCUT2D eigenvalue weighted by Gasteiger charge is -1.91. The molecule has 1 heterocycles. The van der Waals surface area contributed by atoms with Crippen LogP contribution in [0.3, 0.4) is 0 Å². The van der Waals surface area contributed by atoms with E-state index in [1.165, 1.54) is 11.1 Å². The van der Waals surface area contributed by atoms with Gasteiger partial charge in [0.1, 0.15) is 0 Å². The lowest BCUT2D eigenvalue weighted by molar-refractivity contribution is -0.135. The van der Waals surface area contributed by atoms with Crippen LogP contribution in [0.25, 0.3) is 12.2 Å². The summed E-state index contributed by atoms with van der Waals surface area (Å²) in [4.78, 5) is 12.4. The summed E-state index contributed by atoms with van der Waals surface area (Å²) in [5.41, 5.74) is 8.15. The smallest absolute Gasteiger partial charge is 0.317 e. The molecule has 0 fully saturated rings. The van der Waals surface area contributed by atoms with Gasteiger partial charge in [0, 0.05) is 17.5 Å². The van der Waals surface area contributed by atoms with Crippen molar-refractivity contribution in [2.75, 3.05) is 6.54 Å². The molecule has 0 aromatic carbocycles. The van der Waals surface area contributed by atoms with Gasteiger partial charge in [-0.15, -0.1) is 0 Å². The molecule has 0 atom stereocenters. The van der Waals surface area contributed by atoms with E-state index >= 15 is 0 Å². The number of rotatable bonds is 3. The number of carboxylic acid groups (broad SMARTS) is 1. The molecule has 1 rings (SSSR count). The Kier molecular flexibility index (Phi) is 6.63. The van der Waals surface area contributed by atoms with Gasteiger partial charge in [-0.3, -0.25) is 4.79 Å². The molecule has 88 valence electrons. The van der Waals surface area contributed by atoms with Gasteiger partial charge in [0.15, 0.2) is 0 Å². The summed E-state index contributed by atoms with van der Waals surface area (Å²) in [5.74, 6) is -0.968. The molecule has 0 spiro atoms. The summed E-state index contributed by atoms with van der Waals surface area (Å²) < 4.78 is 0. The number of hydrogen-bond acceptors (Lipinski definition) is 2. The molecule has 0 saturated carbocycles. The van der Waals surface area contributed by atoms with E-state index in [9.17, 15) is 4.79 Å². The third-order valence-corrected chi connectivity index (χ3v) is 1.87. The van der Waals surface area contributed by atoms with E-state index in [1.807, 2.05) is 31.3 Å². The van der Waals surface area contributed by atoms with E-state index in [4.69, 9.17) is 5.11 Å². The van der Waals surface area contributed by atoms with Gasteiger partial charge in [-0.1, -0.05) is 18.7 Å². The summed E-state index contributed by atoms with van der Waals surface area (Å²) in [6.07, 6.45) is 7.93. The van der Waals surface area contributed by atoms with Crippen molar-refractivity contribution in [3.63, 3.8) is 0 Å². The fraction of sp³-hybridized carbons (Fsp3) is 0.250. The number of allylic oxidation sites excluding steroid dienone is 1. The number of nitrogens with two attached hydrogens (primary N) is 1. The molecule has 0 aliphatic heterocycles. The van der Waals surface area contributed by atoms with E-state index in [2.05, 4.69) is 24.2 Å². The number of aryl methyl sites for hydroxylation is 1. The first kappa shape index (κ1) is 14.2. The number of carbonyl (C=O) groups is 1. The Balaban J connectivity index is 0.000000385. The molecule has 0 aliphatic carbocycles. The molecule has 0 amide bonds. The molecule has 0 saturated heterocycles. The molecule has 4 nitrogen and oxygen atoms in total. The molecule has 4 heteroatoms. The summed E-state index contributed by atoms with van der Waals surface area (Å²) in [7, 11) is 0. The van der Waals surface area contributed by atoms with Crippen molar-refractivity contribution in [2.24, 2.45) is 5.73 Å². The normalized spacial score (nSPS) is 9.69. The Hall–Kier alpha value is -1.81. The Bertz CT molecular complexity index is 378. The van der Waals surface area contributed by atoms with Crippen LogP contribution < -0.4 is 5.73 Å². The third-order valence-electron chi connectivity index (χ3n) is 1.87. The van der Waals surface area contributed by atoms with Crippen molar-refractivity contribution in [3.8, 4) is 0 Å². The summed E-state index contributed by atoms with van der Waals surface area (Å²) in [6.45, 7) is 7.55. The maximum Gasteiger partial charge on any atom is 0.317 e. The van der Waals surface area contributed by atoms with Gasteiger partial charge in [0.05, 0.1) is 6.54 Å². The lowest BCUT2D eigenvalue weighted by Crippen LogP contribution is -2.10. The molecule has 0 bridgehead atoms. The van der Waals surface area contributed by atoms with Gasteiger partial charge >= 0.3 is 5.97 Å². The number of carboxylic acids is 1. The highest BCUT2D eigenvalue weighted by Crippen LogP contribution is 2.15. The van der Waals surface area contributed by atoms with Crippen molar-refractivity contribution in [2.45, 2.75) is 13.8 Å². The lowest BCUT2D eigenvalue weighted by atomic mass is 10.1. The molecular formula is C12H18N2O2. The summed E-state index contributed by atoms with van der Waals surface area (Å²) in [5, 5.41) is 7.60. The topological polar surface area (TPSA) is 79.1 Å². The second kappa shape index (κ2) is 7.48.